The number of aryl methyl sites for hydroxylation is 1. The molecule has 0 fully saturated rings. The minimum atomic E-state index is -0.998. The molecule has 2 aromatic heterocycles. The molecule has 108 valence electrons. The number of carboxylic acid groups (broad SMARTS) is 1. The molecule has 0 aliphatic carbocycles. The van der Waals surface area contributed by atoms with E-state index in [1.165, 1.54) is 4.57 Å². The maximum Gasteiger partial charge on any atom is 0.323 e. The number of hydrogen-bond donors (Lipinski definition) is 1. The molecule has 0 bridgehead atoms. The van der Waals surface area contributed by atoms with Crippen LogP contribution in [0.3, 0.4) is 0 Å². The van der Waals surface area contributed by atoms with Crippen LogP contribution < -0.4 is 0 Å². The number of fused-ring (bicyclic) bond motifs is 1. The third-order valence-corrected chi connectivity index (χ3v) is 3.66. The van der Waals surface area contributed by atoms with E-state index in [1.54, 1.807) is 25.1 Å². The van der Waals surface area contributed by atoms with Crippen molar-refractivity contribution in [3.8, 4) is 11.5 Å². The van der Waals surface area contributed by atoms with Crippen molar-refractivity contribution in [2.45, 2.75) is 13.5 Å². The van der Waals surface area contributed by atoms with Gasteiger partial charge in [-0.2, -0.15) is 0 Å². The van der Waals surface area contributed by atoms with Gasteiger partial charge in [-0.25, -0.2) is 4.98 Å². The summed E-state index contributed by atoms with van der Waals surface area (Å²) in [5.41, 5.74) is 1.57. The molecule has 1 aromatic carbocycles. The number of imidazole rings is 1. The molecule has 8 heteroatoms. The smallest absolute Gasteiger partial charge is 0.323 e. The molecular formula is C13H9Cl2N3O3. The Morgan fingerprint density at radius 1 is 1.33 bits per heavy atom. The third kappa shape index (κ3) is 2.48. The van der Waals surface area contributed by atoms with E-state index in [2.05, 4.69) is 10.1 Å². The number of rotatable bonds is 3. The highest BCUT2D eigenvalue weighted by Crippen LogP contribution is 2.31. The number of nitrogens with zero attached hydrogens (tertiary/aromatic N) is 3. The average molecular weight is 326 g/mol. The zero-order valence-electron chi connectivity index (χ0n) is 10.8. The summed E-state index contributed by atoms with van der Waals surface area (Å²) in [6, 6.07) is 4.86. The summed E-state index contributed by atoms with van der Waals surface area (Å²) in [6.45, 7) is 1.48. The maximum atomic E-state index is 11.1. The Kier molecular flexibility index (Phi) is 3.35. The lowest BCUT2D eigenvalue weighted by Crippen LogP contribution is -2.10. The second-order valence-corrected chi connectivity index (χ2v) is 5.31. The molecule has 0 unspecified atom stereocenters. The second-order valence-electron chi connectivity index (χ2n) is 4.49. The van der Waals surface area contributed by atoms with Gasteiger partial charge in [-0.1, -0.05) is 28.4 Å². The lowest BCUT2D eigenvalue weighted by atomic mass is 10.3. The first-order valence-corrected chi connectivity index (χ1v) is 6.72. The van der Waals surface area contributed by atoms with Gasteiger partial charge in [-0.05, 0) is 19.1 Å². The molecule has 0 amide bonds. The molecule has 3 rings (SSSR count). The summed E-state index contributed by atoms with van der Waals surface area (Å²) < 4.78 is 6.53. The van der Waals surface area contributed by atoms with Crippen molar-refractivity contribution < 1.29 is 14.4 Å². The zero-order chi connectivity index (χ0) is 15.1. The van der Waals surface area contributed by atoms with Crippen LogP contribution in [-0.2, 0) is 11.3 Å². The van der Waals surface area contributed by atoms with Crippen LogP contribution in [-0.4, -0.2) is 25.8 Å². The first-order valence-electron chi connectivity index (χ1n) is 5.96. The van der Waals surface area contributed by atoms with E-state index >= 15 is 0 Å². The van der Waals surface area contributed by atoms with Crippen LogP contribution in [0.5, 0.6) is 0 Å². The Hall–Kier alpha value is -2.05. The fourth-order valence-electron chi connectivity index (χ4n) is 2.08. The van der Waals surface area contributed by atoms with Gasteiger partial charge in [-0.3, -0.25) is 4.79 Å². The van der Waals surface area contributed by atoms with Crippen molar-refractivity contribution in [1.82, 2.24) is 14.7 Å². The van der Waals surface area contributed by atoms with Crippen LogP contribution in [0.25, 0.3) is 22.6 Å². The van der Waals surface area contributed by atoms with Gasteiger partial charge < -0.3 is 14.2 Å². The highest BCUT2D eigenvalue weighted by atomic mass is 35.5. The molecule has 0 radical (unpaired) electrons. The standard InChI is InChI=1S/C13H9Cl2N3O3/c1-6-2-10(17-21-6)13-16-9-3-7(14)8(15)4-11(9)18(13)5-12(19)20/h2-4H,5H2,1H3,(H,19,20). The quantitative estimate of drug-likeness (QED) is 0.798. The SMILES string of the molecule is Cc1cc(-c2nc3cc(Cl)c(Cl)cc3n2CC(=O)O)no1. The van der Waals surface area contributed by atoms with Crippen LogP contribution in [0.15, 0.2) is 22.7 Å². The topological polar surface area (TPSA) is 81.2 Å². The first kappa shape index (κ1) is 13.9. The Bertz CT molecular complexity index is 854. The fourth-order valence-corrected chi connectivity index (χ4v) is 2.40. The van der Waals surface area contributed by atoms with Gasteiger partial charge in [0.1, 0.15) is 18.0 Å². The van der Waals surface area contributed by atoms with Gasteiger partial charge >= 0.3 is 5.97 Å². The van der Waals surface area contributed by atoms with Crippen molar-refractivity contribution in [3.63, 3.8) is 0 Å². The molecule has 6 nitrogen and oxygen atoms in total. The van der Waals surface area contributed by atoms with Crippen LogP contribution >= 0.6 is 23.2 Å². The van der Waals surface area contributed by atoms with Crippen LogP contribution in [0.1, 0.15) is 5.76 Å². The molecule has 0 saturated heterocycles. The van der Waals surface area contributed by atoms with Crippen molar-refractivity contribution in [2.24, 2.45) is 0 Å². The predicted molar refractivity (Wildman–Crippen MR) is 77.6 cm³/mol. The minimum absolute atomic E-state index is 0.268. The van der Waals surface area contributed by atoms with Gasteiger partial charge in [0.25, 0.3) is 0 Å². The molecule has 0 saturated carbocycles. The van der Waals surface area contributed by atoms with E-state index in [1.807, 2.05) is 0 Å². The molecule has 21 heavy (non-hydrogen) atoms. The van der Waals surface area contributed by atoms with Gasteiger partial charge in [0.05, 0.1) is 21.1 Å². The van der Waals surface area contributed by atoms with Gasteiger partial charge in [0, 0.05) is 6.07 Å². The average Bonchev–Trinajstić information content (AvgIpc) is 2.95. The van der Waals surface area contributed by atoms with Gasteiger partial charge in [-0.15, -0.1) is 0 Å². The number of aliphatic carboxylic acids is 1. The highest BCUT2D eigenvalue weighted by molar-refractivity contribution is 6.42. The Morgan fingerprint density at radius 3 is 2.67 bits per heavy atom. The van der Waals surface area contributed by atoms with Crippen LogP contribution in [0.2, 0.25) is 10.0 Å². The first-order chi connectivity index (χ1) is 9.95. The largest absolute Gasteiger partial charge is 0.480 e. The van der Waals surface area contributed by atoms with E-state index < -0.39 is 5.97 Å². The molecule has 0 spiro atoms. The molecule has 3 aromatic rings. The van der Waals surface area contributed by atoms with Crippen molar-refractivity contribution >= 4 is 40.2 Å². The summed E-state index contributed by atoms with van der Waals surface area (Å²) in [7, 11) is 0. The lowest BCUT2D eigenvalue weighted by Gasteiger charge is -2.04. The third-order valence-electron chi connectivity index (χ3n) is 2.94. The summed E-state index contributed by atoms with van der Waals surface area (Å²) in [5, 5.41) is 13.7. The highest BCUT2D eigenvalue weighted by Gasteiger charge is 2.18. The van der Waals surface area contributed by atoms with E-state index in [-0.39, 0.29) is 6.54 Å². The summed E-state index contributed by atoms with van der Waals surface area (Å²) in [5.74, 6) is -0.000538. The van der Waals surface area contributed by atoms with Crippen LogP contribution in [0, 0.1) is 6.92 Å². The predicted octanol–water partition coefficient (Wildman–Crippen LogP) is 3.39. The van der Waals surface area contributed by atoms with Crippen LogP contribution in [0.4, 0.5) is 0 Å². The fraction of sp³-hybridized carbons (Fsp3) is 0.154. The molecule has 0 aliphatic heterocycles. The molecule has 0 atom stereocenters. The summed E-state index contributed by atoms with van der Waals surface area (Å²) >= 11 is 12.0. The van der Waals surface area contributed by atoms with E-state index in [0.717, 1.165) is 0 Å². The number of halogens is 2. The number of carbonyl (C=O) groups is 1. The summed E-state index contributed by atoms with van der Waals surface area (Å²) in [6.07, 6.45) is 0. The van der Waals surface area contributed by atoms with Gasteiger partial charge in [0.15, 0.2) is 5.82 Å². The lowest BCUT2D eigenvalue weighted by molar-refractivity contribution is -0.137. The monoisotopic (exact) mass is 325 g/mol. The Labute approximate surface area is 128 Å². The minimum Gasteiger partial charge on any atom is -0.480 e. The van der Waals surface area contributed by atoms with Crippen molar-refractivity contribution in [1.29, 1.82) is 0 Å². The van der Waals surface area contributed by atoms with Crippen molar-refractivity contribution in [2.75, 3.05) is 0 Å². The molecule has 1 N–H and O–H groups in total. The Balaban J connectivity index is 2.29. The molecule has 0 aliphatic rings. The Morgan fingerprint density at radius 2 is 2.05 bits per heavy atom. The zero-order valence-corrected chi connectivity index (χ0v) is 12.3. The van der Waals surface area contributed by atoms with Gasteiger partial charge in [0.2, 0.25) is 0 Å². The van der Waals surface area contributed by atoms with E-state index in [0.29, 0.717) is 38.4 Å². The van der Waals surface area contributed by atoms with E-state index in [9.17, 15) is 4.79 Å². The van der Waals surface area contributed by atoms with Crippen molar-refractivity contribution in [3.05, 3.63) is 34.0 Å². The number of aromatic nitrogens is 3. The summed E-state index contributed by atoms with van der Waals surface area (Å²) in [4.78, 5) is 15.5. The molecule has 2 heterocycles. The maximum absolute atomic E-state index is 11.1. The number of benzene rings is 1. The second kappa shape index (κ2) is 5.05. The van der Waals surface area contributed by atoms with E-state index in [4.69, 9.17) is 32.8 Å². The molecular weight excluding hydrogens is 317 g/mol. The normalized spacial score (nSPS) is 11.2. The number of carboxylic acids is 1. The number of hydrogen-bond acceptors (Lipinski definition) is 4.